The predicted molar refractivity (Wildman–Crippen MR) is 119 cm³/mol. The van der Waals surface area contributed by atoms with Gasteiger partial charge in [0, 0.05) is 37.0 Å². The monoisotopic (exact) mass is 433 g/mol. The highest BCUT2D eigenvalue weighted by atomic mass is 35.5. The summed E-state index contributed by atoms with van der Waals surface area (Å²) in [5.74, 6) is 0.753. The lowest BCUT2D eigenvalue weighted by Gasteiger charge is -2.17. The number of likely N-dealkylation sites (tertiary alicyclic amines) is 1. The van der Waals surface area contributed by atoms with E-state index in [9.17, 15) is 9.18 Å². The molecule has 1 aliphatic heterocycles. The zero-order chi connectivity index (χ0) is 21.4. The molecule has 4 aromatic rings. The van der Waals surface area contributed by atoms with Crippen LogP contribution in [0.2, 0.25) is 5.02 Å². The summed E-state index contributed by atoms with van der Waals surface area (Å²) in [6, 6.07) is 22.2. The first-order valence-electron chi connectivity index (χ1n) is 10.3. The molecule has 3 aromatic carbocycles. The number of benzene rings is 3. The lowest BCUT2D eigenvalue weighted by molar-refractivity contribution is -0.128. The van der Waals surface area contributed by atoms with Gasteiger partial charge in [-0.1, -0.05) is 48.0 Å². The van der Waals surface area contributed by atoms with E-state index in [-0.39, 0.29) is 17.6 Å². The van der Waals surface area contributed by atoms with Crippen LogP contribution in [0.15, 0.2) is 72.8 Å². The number of carbonyl (C=O) groups is 1. The molecule has 156 valence electrons. The van der Waals surface area contributed by atoms with Crippen molar-refractivity contribution in [1.82, 2.24) is 14.5 Å². The fourth-order valence-electron chi connectivity index (χ4n) is 4.25. The second-order valence-corrected chi connectivity index (χ2v) is 8.41. The number of hydrogen-bond acceptors (Lipinski definition) is 2. The molecule has 5 rings (SSSR count). The summed E-state index contributed by atoms with van der Waals surface area (Å²) in [5, 5.41) is 0.706. The Morgan fingerprint density at radius 3 is 2.39 bits per heavy atom. The molecule has 0 aliphatic carbocycles. The quantitative estimate of drug-likeness (QED) is 0.423. The summed E-state index contributed by atoms with van der Waals surface area (Å²) in [7, 11) is 0. The highest BCUT2D eigenvalue weighted by Gasteiger charge is 2.34. The Kier molecular flexibility index (Phi) is 5.20. The van der Waals surface area contributed by atoms with Crippen molar-refractivity contribution in [2.45, 2.75) is 25.4 Å². The molecule has 31 heavy (non-hydrogen) atoms. The molecule has 1 aromatic heterocycles. The van der Waals surface area contributed by atoms with E-state index in [1.165, 1.54) is 12.1 Å². The summed E-state index contributed by atoms with van der Waals surface area (Å²) in [4.78, 5) is 19.5. The van der Waals surface area contributed by atoms with Crippen LogP contribution in [-0.2, 0) is 17.9 Å². The first kappa shape index (κ1) is 19.8. The molecule has 0 bridgehead atoms. The van der Waals surface area contributed by atoms with Crippen molar-refractivity contribution in [3.05, 3.63) is 101 Å². The minimum Gasteiger partial charge on any atom is -0.338 e. The zero-order valence-electron chi connectivity index (χ0n) is 16.8. The number of hydrogen-bond donors (Lipinski definition) is 0. The van der Waals surface area contributed by atoms with Gasteiger partial charge in [0.25, 0.3) is 0 Å². The number of para-hydroxylation sites is 2. The van der Waals surface area contributed by atoms with E-state index < -0.39 is 0 Å². The van der Waals surface area contributed by atoms with Crippen molar-refractivity contribution in [3.63, 3.8) is 0 Å². The van der Waals surface area contributed by atoms with Crippen molar-refractivity contribution < 1.29 is 9.18 Å². The second kappa shape index (κ2) is 8.16. The Morgan fingerprint density at radius 2 is 1.61 bits per heavy atom. The molecule has 0 N–H and O–H groups in total. The van der Waals surface area contributed by atoms with E-state index in [1.54, 1.807) is 12.1 Å². The average molecular weight is 434 g/mol. The molecule has 0 unspecified atom stereocenters. The molecule has 0 radical (unpaired) electrons. The standard InChI is InChI=1S/C25H21ClFN3O/c26-20-9-5-18(6-10-20)15-30-23-4-2-1-3-22(23)28-25(30)19-13-24(31)29(16-19)14-17-7-11-21(27)12-8-17/h1-12,19H,13-16H2/t19-/m1/s1. The number of carbonyl (C=O) groups excluding carboxylic acids is 1. The molecule has 1 aliphatic rings. The number of fused-ring (bicyclic) bond motifs is 1. The highest BCUT2D eigenvalue weighted by Crippen LogP contribution is 2.32. The third-order valence-corrected chi connectivity index (χ3v) is 6.06. The molecule has 0 saturated carbocycles. The molecule has 0 spiro atoms. The van der Waals surface area contributed by atoms with Gasteiger partial charge in [-0.25, -0.2) is 9.37 Å². The third-order valence-electron chi connectivity index (χ3n) is 5.80. The van der Waals surface area contributed by atoms with Gasteiger partial charge in [-0.3, -0.25) is 4.79 Å². The fourth-order valence-corrected chi connectivity index (χ4v) is 4.38. The van der Waals surface area contributed by atoms with E-state index >= 15 is 0 Å². The smallest absolute Gasteiger partial charge is 0.223 e. The zero-order valence-corrected chi connectivity index (χ0v) is 17.6. The molecule has 6 heteroatoms. The topological polar surface area (TPSA) is 38.1 Å². The minimum atomic E-state index is -0.273. The molecule has 1 saturated heterocycles. The van der Waals surface area contributed by atoms with Gasteiger partial charge in [-0.05, 0) is 47.5 Å². The molecular formula is C25H21ClFN3O. The molecule has 4 nitrogen and oxygen atoms in total. The Labute approximate surface area is 184 Å². The van der Waals surface area contributed by atoms with Gasteiger partial charge in [0.15, 0.2) is 0 Å². The summed E-state index contributed by atoms with van der Waals surface area (Å²) in [6.45, 7) is 1.74. The largest absolute Gasteiger partial charge is 0.338 e. The Morgan fingerprint density at radius 1 is 0.935 bits per heavy atom. The van der Waals surface area contributed by atoms with Crippen LogP contribution in [0.1, 0.15) is 29.3 Å². The van der Waals surface area contributed by atoms with Gasteiger partial charge in [0.05, 0.1) is 11.0 Å². The van der Waals surface area contributed by atoms with E-state index in [2.05, 4.69) is 10.6 Å². The summed E-state index contributed by atoms with van der Waals surface area (Å²) in [5.41, 5.74) is 4.03. The normalized spacial score (nSPS) is 16.4. The number of aromatic nitrogens is 2. The molecular weight excluding hydrogens is 413 g/mol. The van der Waals surface area contributed by atoms with Gasteiger partial charge in [0.2, 0.25) is 5.91 Å². The van der Waals surface area contributed by atoms with Gasteiger partial charge in [0.1, 0.15) is 11.6 Å². The van der Waals surface area contributed by atoms with Crippen molar-refractivity contribution in [2.75, 3.05) is 6.54 Å². The predicted octanol–water partition coefficient (Wildman–Crippen LogP) is 5.39. The highest BCUT2D eigenvalue weighted by molar-refractivity contribution is 6.30. The van der Waals surface area contributed by atoms with E-state index in [4.69, 9.17) is 16.6 Å². The van der Waals surface area contributed by atoms with Crippen LogP contribution in [0.25, 0.3) is 11.0 Å². The first-order chi connectivity index (χ1) is 15.1. The number of halogens is 2. The Hall–Kier alpha value is -3.18. The summed E-state index contributed by atoms with van der Waals surface area (Å²) in [6.07, 6.45) is 0.422. The number of amides is 1. The maximum absolute atomic E-state index is 13.2. The maximum Gasteiger partial charge on any atom is 0.223 e. The SMILES string of the molecule is O=C1C[C@@H](c2nc3ccccc3n2Cc2ccc(Cl)cc2)CN1Cc1ccc(F)cc1. The maximum atomic E-state index is 13.2. The van der Waals surface area contributed by atoms with Crippen LogP contribution in [0.4, 0.5) is 4.39 Å². The Bertz CT molecular complexity index is 1230. The Balaban J connectivity index is 1.44. The molecule has 1 amide bonds. The minimum absolute atomic E-state index is 0.00708. The number of rotatable bonds is 5. The van der Waals surface area contributed by atoms with Crippen LogP contribution in [0, 0.1) is 5.82 Å². The molecule has 2 heterocycles. The van der Waals surface area contributed by atoms with Crippen LogP contribution < -0.4 is 0 Å². The fraction of sp³-hybridized carbons (Fsp3) is 0.200. The van der Waals surface area contributed by atoms with Crippen LogP contribution in [0.5, 0.6) is 0 Å². The lowest BCUT2D eigenvalue weighted by Crippen LogP contribution is -2.24. The van der Waals surface area contributed by atoms with E-state index in [0.29, 0.717) is 31.1 Å². The van der Waals surface area contributed by atoms with Crippen molar-refractivity contribution in [1.29, 1.82) is 0 Å². The van der Waals surface area contributed by atoms with Crippen LogP contribution in [-0.4, -0.2) is 26.9 Å². The van der Waals surface area contributed by atoms with Crippen LogP contribution in [0.3, 0.4) is 0 Å². The lowest BCUT2D eigenvalue weighted by atomic mass is 10.1. The van der Waals surface area contributed by atoms with Crippen molar-refractivity contribution >= 4 is 28.5 Å². The van der Waals surface area contributed by atoms with Gasteiger partial charge in [-0.2, -0.15) is 0 Å². The van der Waals surface area contributed by atoms with Crippen molar-refractivity contribution in [2.24, 2.45) is 0 Å². The first-order valence-corrected chi connectivity index (χ1v) is 10.7. The average Bonchev–Trinajstić information content (AvgIpc) is 3.32. The van der Waals surface area contributed by atoms with Gasteiger partial charge in [-0.15, -0.1) is 0 Å². The summed E-state index contributed by atoms with van der Waals surface area (Å²) < 4.78 is 15.4. The van der Waals surface area contributed by atoms with Gasteiger partial charge >= 0.3 is 0 Å². The van der Waals surface area contributed by atoms with E-state index in [0.717, 1.165) is 28.0 Å². The van der Waals surface area contributed by atoms with Crippen molar-refractivity contribution in [3.8, 4) is 0 Å². The number of nitrogens with zero attached hydrogens (tertiary/aromatic N) is 3. The van der Waals surface area contributed by atoms with E-state index in [1.807, 2.05) is 47.4 Å². The molecule has 1 atom stereocenters. The molecule has 1 fully saturated rings. The van der Waals surface area contributed by atoms with Crippen LogP contribution >= 0.6 is 11.6 Å². The number of imidazole rings is 1. The summed E-state index contributed by atoms with van der Waals surface area (Å²) >= 11 is 6.05. The van der Waals surface area contributed by atoms with Gasteiger partial charge < -0.3 is 9.47 Å². The second-order valence-electron chi connectivity index (χ2n) is 7.97. The third kappa shape index (κ3) is 4.06.